The minimum absolute atomic E-state index is 0.0639. The van der Waals surface area contributed by atoms with Gasteiger partial charge in [-0.2, -0.15) is 0 Å². The van der Waals surface area contributed by atoms with Crippen LogP contribution < -0.4 is 5.73 Å². The average molecular weight is 261 g/mol. The molecule has 1 aromatic carbocycles. The summed E-state index contributed by atoms with van der Waals surface area (Å²) in [7, 11) is 4.04. The number of amides is 1. The summed E-state index contributed by atoms with van der Waals surface area (Å²) in [5.41, 5.74) is 7.05. The lowest BCUT2D eigenvalue weighted by Crippen LogP contribution is -2.48. The monoisotopic (exact) mass is 261 g/mol. The predicted molar refractivity (Wildman–Crippen MR) is 78.1 cm³/mol. The van der Waals surface area contributed by atoms with Crippen LogP contribution in [0.25, 0.3) is 0 Å². The zero-order valence-corrected chi connectivity index (χ0v) is 12.0. The highest BCUT2D eigenvalue weighted by Gasteiger charge is 2.28. The van der Waals surface area contributed by atoms with Crippen LogP contribution in [0.3, 0.4) is 0 Å². The second-order valence-electron chi connectivity index (χ2n) is 5.55. The summed E-state index contributed by atoms with van der Waals surface area (Å²) in [6, 6.07) is 8.04. The van der Waals surface area contributed by atoms with E-state index in [4.69, 9.17) is 5.73 Å². The van der Waals surface area contributed by atoms with Gasteiger partial charge in [0.05, 0.1) is 0 Å². The molecule has 1 saturated heterocycles. The first kappa shape index (κ1) is 13.9. The second kappa shape index (κ2) is 5.61. The Morgan fingerprint density at radius 3 is 2.84 bits per heavy atom. The molecule has 2 N–H and O–H groups in total. The van der Waals surface area contributed by atoms with Gasteiger partial charge in [-0.1, -0.05) is 6.07 Å². The minimum Gasteiger partial charge on any atom is -0.399 e. The molecule has 0 aliphatic carbocycles. The Morgan fingerprint density at radius 2 is 2.21 bits per heavy atom. The van der Waals surface area contributed by atoms with E-state index in [-0.39, 0.29) is 5.91 Å². The van der Waals surface area contributed by atoms with Crippen LogP contribution in [0.1, 0.15) is 30.1 Å². The molecular weight excluding hydrogens is 238 g/mol. The van der Waals surface area contributed by atoms with E-state index in [1.54, 1.807) is 12.1 Å². The molecule has 4 nitrogen and oxygen atoms in total. The van der Waals surface area contributed by atoms with Crippen molar-refractivity contribution in [1.29, 1.82) is 0 Å². The maximum Gasteiger partial charge on any atom is 0.253 e. The van der Waals surface area contributed by atoms with Gasteiger partial charge in [0.2, 0.25) is 0 Å². The number of piperidine rings is 1. The fourth-order valence-corrected chi connectivity index (χ4v) is 2.66. The molecule has 0 bridgehead atoms. The van der Waals surface area contributed by atoms with Crippen LogP contribution in [-0.4, -0.2) is 48.4 Å². The summed E-state index contributed by atoms with van der Waals surface area (Å²) in [6.45, 7) is 3.26. The van der Waals surface area contributed by atoms with Crippen molar-refractivity contribution in [2.45, 2.75) is 31.8 Å². The van der Waals surface area contributed by atoms with E-state index in [1.165, 1.54) is 0 Å². The molecule has 0 aromatic heterocycles. The summed E-state index contributed by atoms with van der Waals surface area (Å²) < 4.78 is 0. The van der Waals surface area contributed by atoms with E-state index in [0.29, 0.717) is 23.3 Å². The van der Waals surface area contributed by atoms with Gasteiger partial charge >= 0.3 is 0 Å². The van der Waals surface area contributed by atoms with E-state index in [1.807, 2.05) is 24.1 Å². The largest absolute Gasteiger partial charge is 0.399 e. The van der Waals surface area contributed by atoms with Gasteiger partial charge in [-0.3, -0.25) is 4.79 Å². The van der Waals surface area contributed by atoms with E-state index >= 15 is 0 Å². The Labute approximate surface area is 115 Å². The molecule has 1 heterocycles. The molecule has 0 radical (unpaired) electrons. The van der Waals surface area contributed by atoms with Crippen molar-refractivity contribution in [2.75, 3.05) is 26.4 Å². The molecule has 0 saturated carbocycles. The summed E-state index contributed by atoms with van der Waals surface area (Å²) in [4.78, 5) is 16.7. The van der Waals surface area contributed by atoms with Crippen molar-refractivity contribution in [3.8, 4) is 0 Å². The van der Waals surface area contributed by atoms with E-state index < -0.39 is 0 Å². The molecule has 1 fully saturated rings. The van der Waals surface area contributed by atoms with Crippen molar-refractivity contribution >= 4 is 11.6 Å². The minimum atomic E-state index is 0.0639. The van der Waals surface area contributed by atoms with Gasteiger partial charge in [0.15, 0.2) is 0 Å². The summed E-state index contributed by atoms with van der Waals surface area (Å²) >= 11 is 0. The summed E-state index contributed by atoms with van der Waals surface area (Å²) in [6.07, 6.45) is 2.06. The summed E-state index contributed by atoms with van der Waals surface area (Å²) in [5.74, 6) is 0.0639. The number of nitrogens with zero attached hydrogens (tertiary/aromatic N) is 2. The molecule has 104 valence electrons. The van der Waals surface area contributed by atoms with Gasteiger partial charge in [0.25, 0.3) is 5.91 Å². The fraction of sp³-hybridized carbons (Fsp3) is 0.533. The zero-order chi connectivity index (χ0) is 14.0. The third kappa shape index (κ3) is 3.07. The highest BCUT2D eigenvalue weighted by molar-refractivity contribution is 5.95. The topological polar surface area (TPSA) is 49.6 Å². The molecule has 19 heavy (non-hydrogen) atoms. The van der Waals surface area contributed by atoms with Crippen LogP contribution in [0.4, 0.5) is 5.69 Å². The number of benzene rings is 1. The Kier molecular flexibility index (Phi) is 4.10. The highest BCUT2D eigenvalue weighted by Crippen LogP contribution is 2.21. The second-order valence-corrected chi connectivity index (χ2v) is 5.55. The number of hydrogen-bond donors (Lipinski definition) is 1. The quantitative estimate of drug-likeness (QED) is 0.826. The number of nitrogen functional groups attached to an aromatic ring is 1. The first-order valence-corrected chi connectivity index (χ1v) is 6.82. The first-order valence-electron chi connectivity index (χ1n) is 6.82. The van der Waals surface area contributed by atoms with Crippen LogP contribution in [0.5, 0.6) is 0 Å². The zero-order valence-electron chi connectivity index (χ0n) is 12.0. The van der Waals surface area contributed by atoms with Crippen LogP contribution >= 0.6 is 0 Å². The van der Waals surface area contributed by atoms with Gasteiger partial charge in [0.1, 0.15) is 0 Å². The number of hydrogen-bond acceptors (Lipinski definition) is 3. The number of carbonyl (C=O) groups is 1. The third-order valence-corrected chi connectivity index (χ3v) is 4.18. The Balaban J connectivity index is 2.07. The highest BCUT2D eigenvalue weighted by atomic mass is 16.2. The predicted octanol–water partition coefficient (Wildman–Crippen LogP) is 1.82. The Hall–Kier alpha value is -1.55. The fourth-order valence-electron chi connectivity index (χ4n) is 2.66. The van der Waals surface area contributed by atoms with E-state index in [2.05, 4.69) is 18.9 Å². The van der Waals surface area contributed by atoms with Crippen LogP contribution in [-0.2, 0) is 0 Å². The maximum atomic E-state index is 12.4. The van der Waals surface area contributed by atoms with Gasteiger partial charge in [-0.05, 0) is 45.0 Å². The molecule has 4 heteroatoms. The molecule has 1 aliphatic heterocycles. The van der Waals surface area contributed by atoms with E-state index in [0.717, 1.165) is 19.4 Å². The molecule has 1 aromatic rings. The summed E-state index contributed by atoms with van der Waals surface area (Å²) in [5, 5.41) is 0. The molecule has 1 amide bonds. The van der Waals surface area contributed by atoms with Crippen LogP contribution in [0, 0.1) is 0 Å². The molecule has 0 spiro atoms. The molecule has 2 unspecified atom stereocenters. The van der Waals surface area contributed by atoms with Crippen molar-refractivity contribution in [1.82, 2.24) is 9.80 Å². The standard InChI is InChI=1S/C15H23N3O/c1-11-9-14(7-8-17(11)2)18(3)15(19)12-5-4-6-13(16)10-12/h4-6,10-11,14H,7-9,16H2,1-3H3. The number of likely N-dealkylation sites (tertiary alicyclic amines) is 1. The molecule has 2 atom stereocenters. The van der Waals surface area contributed by atoms with Gasteiger partial charge < -0.3 is 15.5 Å². The first-order chi connectivity index (χ1) is 8.99. The van der Waals surface area contributed by atoms with Crippen molar-refractivity contribution < 1.29 is 4.79 Å². The lowest BCUT2D eigenvalue weighted by atomic mass is 9.97. The number of nitrogens with two attached hydrogens (primary N) is 1. The van der Waals surface area contributed by atoms with Crippen molar-refractivity contribution in [2.24, 2.45) is 0 Å². The number of anilines is 1. The molecule has 1 aliphatic rings. The smallest absolute Gasteiger partial charge is 0.253 e. The lowest BCUT2D eigenvalue weighted by molar-refractivity contribution is 0.0598. The molecule has 2 rings (SSSR count). The Bertz CT molecular complexity index is 460. The van der Waals surface area contributed by atoms with Crippen molar-refractivity contribution in [3.63, 3.8) is 0 Å². The van der Waals surface area contributed by atoms with Gasteiger partial charge in [0, 0.05) is 36.9 Å². The Morgan fingerprint density at radius 1 is 1.47 bits per heavy atom. The van der Waals surface area contributed by atoms with Crippen molar-refractivity contribution in [3.05, 3.63) is 29.8 Å². The van der Waals surface area contributed by atoms with E-state index in [9.17, 15) is 4.79 Å². The number of carbonyl (C=O) groups excluding carboxylic acids is 1. The van der Waals surface area contributed by atoms with Crippen LogP contribution in [0.2, 0.25) is 0 Å². The lowest BCUT2D eigenvalue weighted by Gasteiger charge is -2.39. The number of rotatable bonds is 2. The van der Waals surface area contributed by atoms with Crippen LogP contribution in [0.15, 0.2) is 24.3 Å². The third-order valence-electron chi connectivity index (χ3n) is 4.18. The SMILES string of the molecule is CC1CC(N(C)C(=O)c2cccc(N)c2)CCN1C. The van der Waals surface area contributed by atoms with Gasteiger partial charge in [-0.25, -0.2) is 0 Å². The average Bonchev–Trinajstić information content (AvgIpc) is 2.40. The van der Waals surface area contributed by atoms with Gasteiger partial charge in [-0.15, -0.1) is 0 Å². The normalized spacial score (nSPS) is 24.2. The molecular formula is C15H23N3O. The maximum absolute atomic E-state index is 12.4.